The lowest BCUT2D eigenvalue weighted by molar-refractivity contribution is -0.0513. The molecule has 1 aliphatic carbocycles. The number of nitrogens with zero attached hydrogens (tertiary/aromatic N) is 2. The van der Waals surface area contributed by atoms with Crippen molar-refractivity contribution in [1.29, 1.82) is 0 Å². The molecule has 0 bridgehead atoms. The first-order valence-corrected chi connectivity index (χ1v) is 7.41. The molecule has 1 aromatic rings. The number of aromatic nitrogens is 2. The molecule has 1 spiro atoms. The number of allylic oxidation sites excluding steroid dienone is 1. The molecule has 1 aliphatic heterocycles. The number of hydrogen-bond donors (Lipinski definition) is 2. The Morgan fingerprint density at radius 2 is 2.32 bits per heavy atom. The molecule has 1 fully saturated rings. The van der Waals surface area contributed by atoms with Gasteiger partial charge in [-0.1, -0.05) is 6.08 Å². The molecule has 0 radical (unpaired) electrons. The summed E-state index contributed by atoms with van der Waals surface area (Å²) in [4.78, 5) is 36.3. The van der Waals surface area contributed by atoms with Crippen LogP contribution < -0.4 is 16.7 Å². The number of hydrogen-bond acceptors (Lipinski definition) is 5. The van der Waals surface area contributed by atoms with E-state index in [0.717, 1.165) is 25.7 Å². The Labute approximate surface area is 127 Å². The van der Waals surface area contributed by atoms with Gasteiger partial charge in [0, 0.05) is 19.2 Å². The van der Waals surface area contributed by atoms with Crippen LogP contribution in [-0.2, 0) is 11.9 Å². The number of nitrogens with one attached hydrogen (secondary N) is 2. The van der Waals surface area contributed by atoms with Crippen LogP contribution in [0.5, 0.6) is 0 Å². The number of H-pyrrole nitrogens is 1. The summed E-state index contributed by atoms with van der Waals surface area (Å²) in [5, 5.41) is 0. The minimum atomic E-state index is -0.601. The normalized spacial score (nSPS) is 27.0. The van der Waals surface area contributed by atoms with Crippen molar-refractivity contribution in [3.8, 4) is 0 Å². The lowest BCUT2D eigenvalue weighted by atomic mass is 10.0. The third-order valence-corrected chi connectivity index (χ3v) is 4.56. The maximum Gasteiger partial charge on any atom is 0.328 e. The van der Waals surface area contributed by atoms with Crippen LogP contribution in [0.25, 0.3) is 0 Å². The Morgan fingerprint density at radius 3 is 3.05 bits per heavy atom. The van der Waals surface area contributed by atoms with Gasteiger partial charge in [-0.25, -0.2) is 20.1 Å². The SMILES string of the molecule is C=CCC1CCC2(C1)N=C(c1c(C)n(C)c(=O)[nH]c1=O)NO2. The van der Waals surface area contributed by atoms with E-state index in [1.165, 1.54) is 4.57 Å². The molecular formula is C15H20N4O3. The van der Waals surface area contributed by atoms with Crippen molar-refractivity contribution in [3.05, 3.63) is 44.8 Å². The molecular weight excluding hydrogens is 284 g/mol. The summed E-state index contributed by atoms with van der Waals surface area (Å²) in [6.45, 7) is 5.49. The quantitative estimate of drug-likeness (QED) is 0.806. The van der Waals surface area contributed by atoms with Crippen LogP contribution in [0.3, 0.4) is 0 Å². The van der Waals surface area contributed by atoms with Crippen molar-refractivity contribution < 1.29 is 4.84 Å². The third kappa shape index (κ3) is 2.31. The van der Waals surface area contributed by atoms with E-state index in [4.69, 9.17) is 4.84 Å². The Balaban J connectivity index is 1.97. The highest BCUT2D eigenvalue weighted by Gasteiger charge is 2.44. The minimum Gasteiger partial charge on any atom is -0.300 e. The zero-order chi connectivity index (χ0) is 15.9. The largest absolute Gasteiger partial charge is 0.328 e. The molecule has 3 rings (SSSR count). The van der Waals surface area contributed by atoms with Gasteiger partial charge in [-0.05, 0) is 32.1 Å². The predicted octanol–water partition coefficient (Wildman–Crippen LogP) is 0.736. The Hall–Kier alpha value is -2.15. The second kappa shape index (κ2) is 5.24. The van der Waals surface area contributed by atoms with Gasteiger partial charge in [-0.2, -0.15) is 0 Å². The molecule has 22 heavy (non-hydrogen) atoms. The first-order chi connectivity index (χ1) is 10.5. The van der Waals surface area contributed by atoms with Crippen molar-refractivity contribution in [3.63, 3.8) is 0 Å². The lowest BCUT2D eigenvalue weighted by Crippen LogP contribution is -2.37. The second-order valence-electron chi connectivity index (χ2n) is 6.02. The molecule has 1 aromatic heterocycles. The number of aliphatic imine (C=N–C) groups is 1. The lowest BCUT2D eigenvalue weighted by Gasteiger charge is -2.17. The van der Waals surface area contributed by atoms with Crippen LogP contribution >= 0.6 is 0 Å². The molecule has 0 amide bonds. The van der Waals surface area contributed by atoms with Gasteiger partial charge in [0.05, 0.1) is 0 Å². The summed E-state index contributed by atoms with van der Waals surface area (Å²) in [6, 6.07) is 0. The molecule has 0 aromatic carbocycles. The molecule has 7 nitrogen and oxygen atoms in total. The van der Waals surface area contributed by atoms with E-state index in [2.05, 4.69) is 22.0 Å². The van der Waals surface area contributed by atoms with E-state index in [1.54, 1.807) is 14.0 Å². The van der Waals surface area contributed by atoms with Gasteiger partial charge in [0.2, 0.25) is 0 Å². The van der Waals surface area contributed by atoms with Crippen molar-refractivity contribution >= 4 is 5.84 Å². The van der Waals surface area contributed by atoms with Gasteiger partial charge >= 0.3 is 5.69 Å². The number of rotatable bonds is 3. The summed E-state index contributed by atoms with van der Waals surface area (Å²) in [5.74, 6) is 0.899. The first-order valence-electron chi connectivity index (χ1n) is 7.41. The highest BCUT2D eigenvalue weighted by Crippen LogP contribution is 2.41. The number of aromatic amines is 1. The summed E-state index contributed by atoms with van der Waals surface area (Å²) >= 11 is 0. The van der Waals surface area contributed by atoms with Gasteiger partial charge < -0.3 is 4.57 Å². The summed E-state index contributed by atoms with van der Waals surface area (Å²) in [6.07, 6.45) is 5.49. The van der Waals surface area contributed by atoms with Crippen molar-refractivity contribution in [2.24, 2.45) is 18.0 Å². The maximum atomic E-state index is 12.1. The van der Waals surface area contributed by atoms with Crippen LogP contribution in [0.2, 0.25) is 0 Å². The summed E-state index contributed by atoms with van der Waals surface area (Å²) < 4.78 is 1.39. The van der Waals surface area contributed by atoms with E-state index in [0.29, 0.717) is 23.0 Å². The molecule has 2 atom stereocenters. The Bertz CT molecular complexity index is 761. The highest BCUT2D eigenvalue weighted by molar-refractivity contribution is 5.99. The molecule has 2 N–H and O–H groups in total. The second-order valence-corrected chi connectivity index (χ2v) is 6.02. The van der Waals surface area contributed by atoms with Crippen molar-refractivity contribution in [2.75, 3.05) is 0 Å². The molecule has 0 saturated heterocycles. The maximum absolute atomic E-state index is 12.1. The smallest absolute Gasteiger partial charge is 0.300 e. The van der Waals surface area contributed by atoms with Gasteiger partial charge in [0.15, 0.2) is 11.6 Å². The van der Waals surface area contributed by atoms with Crippen LogP contribution in [0.4, 0.5) is 0 Å². The average Bonchev–Trinajstić information content (AvgIpc) is 3.05. The third-order valence-electron chi connectivity index (χ3n) is 4.56. The van der Waals surface area contributed by atoms with Gasteiger partial charge in [0.25, 0.3) is 5.56 Å². The molecule has 118 valence electrons. The summed E-state index contributed by atoms with van der Waals surface area (Å²) in [7, 11) is 1.61. The van der Waals surface area contributed by atoms with Gasteiger partial charge in [-0.15, -0.1) is 6.58 Å². The molecule has 7 heteroatoms. The van der Waals surface area contributed by atoms with Crippen LogP contribution in [0, 0.1) is 12.8 Å². The van der Waals surface area contributed by atoms with Crippen molar-refractivity contribution in [1.82, 2.24) is 15.0 Å². The van der Waals surface area contributed by atoms with Crippen LogP contribution in [0.1, 0.15) is 36.9 Å². The van der Waals surface area contributed by atoms with Gasteiger partial charge in [-0.3, -0.25) is 9.78 Å². The first kappa shape index (κ1) is 14.8. The fraction of sp³-hybridized carbons (Fsp3) is 0.533. The Morgan fingerprint density at radius 1 is 1.55 bits per heavy atom. The standard InChI is InChI=1S/C15H20N4O3/c1-4-5-10-6-7-15(8-10)17-12(18-22-15)11-9(2)19(3)14(21)16-13(11)20/h4,10H,1,5-8H2,2-3H3,(H,17,18)(H,16,20,21). The zero-order valence-electron chi connectivity index (χ0n) is 12.8. The fourth-order valence-corrected chi connectivity index (χ4v) is 3.22. The van der Waals surface area contributed by atoms with E-state index >= 15 is 0 Å². The van der Waals surface area contributed by atoms with Gasteiger partial charge in [0.1, 0.15) is 5.56 Å². The molecule has 1 saturated carbocycles. The minimum absolute atomic E-state index is 0.353. The average molecular weight is 304 g/mol. The topological polar surface area (TPSA) is 88.5 Å². The number of hydroxylamine groups is 1. The monoisotopic (exact) mass is 304 g/mol. The molecule has 2 aliphatic rings. The Kier molecular flexibility index (Phi) is 3.52. The van der Waals surface area contributed by atoms with Crippen LogP contribution in [0.15, 0.2) is 27.2 Å². The van der Waals surface area contributed by atoms with E-state index in [1.807, 2.05) is 6.08 Å². The predicted molar refractivity (Wildman–Crippen MR) is 82.7 cm³/mol. The molecule has 2 unspecified atom stereocenters. The molecule has 2 heterocycles. The van der Waals surface area contributed by atoms with E-state index in [9.17, 15) is 9.59 Å². The highest BCUT2D eigenvalue weighted by atomic mass is 16.7. The van der Waals surface area contributed by atoms with Crippen LogP contribution in [-0.4, -0.2) is 21.1 Å². The fourth-order valence-electron chi connectivity index (χ4n) is 3.22. The zero-order valence-corrected chi connectivity index (χ0v) is 12.8. The number of amidine groups is 1. The van der Waals surface area contributed by atoms with Crippen molar-refractivity contribution in [2.45, 2.75) is 38.3 Å². The summed E-state index contributed by atoms with van der Waals surface area (Å²) in [5.41, 5.74) is 2.21. The van der Waals surface area contributed by atoms with E-state index < -0.39 is 17.0 Å². The van der Waals surface area contributed by atoms with E-state index in [-0.39, 0.29) is 0 Å².